The highest BCUT2D eigenvalue weighted by molar-refractivity contribution is 7.89. The van der Waals surface area contributed by atoms with Gasteiger partial charge in [-0.05, 0) is 32.1 Å². The number of piperidine rings is 1. The van der Waals surface area contributed by atoms with Crippen LogP contribution in [0, 0.1) is 5.92 Å². The normalized spacial score (nSPS) is 22.5. The lowest BCUT2D eigenvalue weighted by atomic mass is 10.0. The topological polar surface area (TPSA) is 79.4 Å². The van der Waals surface area contributed by atoms with Crippen molar-refractivity contribution in [2.75, 3.05) is 18.8 Å². The van der Waals surface area contributed by atoms with E-state index in [1.807, 2.05) is 12.3 Å². The van der Waals surface area contributed by atoms with E-state index in [1.54, 1.807) is 15.6 Å². The molecule has 1 N–H and O–H groups in total. The molecule has 134 valence electrons. The van der Waals surface area contributed by atoms with Crippen LogP contribution in [0.1, 0.15) is 55.6 Å². The van der Waals surface area contributed by atoms with Gasteiger partial charge in [-0.2, -0.15) is 0 Å². The summed E-state index contributed by atoms with van der Waals surface area (Å²) in [5.74, 6) is 0.719. The first kappa shape index (κ1) is 17.8. The molecule has 2 aliphatic rings. The number of aromatic nitrogens is 1. The minimum Gasteiger partial charge on any atom is -0.350 e. The van der Waals surface area contributed by atoms with Crippen LogP contribution in [-0.2, 0) is 21.4 Å². The highest BCUT2D eigenvalue weighted by atomic mass is 32.2. The van der Waals surface area contributed by atoms with E-state index >= 15 is 0 Å². The predicted molar refractivity (Wildman–Crippen MR) is 94.3 cm³/mol. The minimum absolute atomic E-state index is 0.124. The Balaban J connectivity index is 1.58. The Labute approximate surface area is 147 Å². The Morgan fingerprint density at radius 2 is 2.21 bits per heavy atom. The zero-order valence-corrected chi connectivity index (χ0v) is 15.7. The van der Waals surface area contributed by atoms with Gasteiger partial charge < -0.3 is 5.32 Å². The lowest BCUT2D eigenvalue weighted by molar-refractivity contribution is -0.122. The van der Waals surface area contributed by atoms with Gasteiger partial charge in [0.2, 0.25) is 15.9 Å². The SMILES string of the molecule is CCCS(=O)(=O)N1CCCC(c2nc(CNC(=O)C3CC3)cs2)C1. The van der Waals surface area contributed by atoms with Gasteiger partial charge in [-0.1, -0.05) is 6.92 Å². The summed E-state index contributed by atoms with van der Waals surface area (Å²) in [4.78, 5) is 16.3. The van der Waals surface area contributed by atoms with Gasteiger partial charge in [0.1, 0.15) is 0 Å². The van der Waals surface area contributed by atoms with Crippen LogP contribution in [0.25, 0.3) is 0 Å². The molecule has 1 unspecified atom stereocenters. The minimum atomic E-state index is -3.14. The predicted octanol–water partition coefficient (Wildman–Crippen LogP) is 2.09. The van der Waals surface area contributed by atoms with Crippen LogP contribution < -0.4 is 5.32 Å². The quantitative estimate of drug-likeness (QED) is 0.796. The summed E-state index contributed by atoms with van der Waals surface area (Å²) in [6.07, 6.45) is 4.49. The summed E-state index contributed by atoms with van der Waals surface area (Å²) in [5.41, 5.74) is 0.873. The van der Waals surface area contributed by atoms with Gasteiger partial charge >= 0.3 is 0 Å². The van der Waals surface area contributed by atoms with Gasteiger partial charge in [0.15, 0.2) is 0 Å². The average molecular weight is 372 g/mol. The van der Waals surface area contributed by atoms with E-state index in [9.17, 15) is 13.2 Å². The summed E-state index contributed by atoms with van der Waals surface area (Å²) in [6.45, 7) is 3.51. The zero-order chi connectivity index (χ0) is 17.2. The molecule has 1 saturated carbocycles. The third kappa shape index (κ3) is 4.34. The zero-order valence-electron chi connectivity index (χ0n) is 14.0. The monoisotopic (exact) mass is 371 g/mol. The fourth-order valence-electron chi connectivity index (χ4n) is 3.04. The number of carbonyl (C=O) groups excluding carboxylic acids is 1. The maximum atomic E-state index is 12.3. The van der Waals surface area contributed by atoms with Gasteiger partial charge in [-0.3, -0.25) is 4.79 Å². The summed E-state index contributed by atoms with van der Waals surface area (Å²) < 4.78 is 26.2. The van der Waals surface area contributed by atoms with Crippen LogP contribution in [0.5, 0.6) is 0 Å². The smallest absolute Gasteiger partial charge is 0.223 e. The molecule has 0 bridgehead atoms. The van der Waals surface area contributed by atoms with Gasteiger partial charge in [0, 0.05) is 30.3 Å². The van der Waals surface area contributed by atoms with Gasteiger partial charge in [-0.25, -0.2) is 17.7 Å². The van der Waals surface area contributed by atoms with Crippen LogP contribution in [0.2, 0.25) is 0 Å². The molecular formula is C16H25N3O3S2. The third-order valence-electron chi connectivity index (χ3n) is 4.55. The second-order valence-corrected chi connectivity index (χ2v) is 9.66. The van der Waals surface area contributed by atoms with Crippen LogP contribution in [-0.4, -0.2) is 42.5 Å². The number of thiazole rings is 1. The van der Waals surface area contributed by atoms with Crippen LogP contribution in [0.3, 0.4) is 0 Å². The second kappa shape index (κ2) is 7.49. The van der Waals surface area contributed by atoms with Crippen LogP contribution >= 0.6 is 11.3 Å². The first-order valence-electron chi connectivity index (χ1n) is 8.69. The van der Waals surface area contributed by atoms with E-state index in [-0.39, 0.29) is 23.5 Å². The van der Waals surface area contributed by atoms with E-state index in [0.29, 0.717) is 26.1 Å². The van der Waals surface area contributed by atoms with Crippen molar-refractivity contribution >= 4 is 27.3 Å². The van der Waals surface area contributed by atoms with E-state index < -0.39 is 10.0 Å². The molecule has 1 aliphatic heterocycles. The Hall–Kier alpha value is -0.990. The van der Waals surface area contributed by atoms with Crippen molar-refractivity contribution in [2.24, 2.45) is 5.92 Å². The van der Waals surface area contributed by atoms with Crippen molar-refractivity contribution in [1.29, 1.82) is 0 Å². The van der Waals surface area contributed by atoms with E-state index in [0.717, 1.165) is 36.4 Å². The number of sulfonamides is 1. The van der Waals surface area contributed by atoms with Crippen molar-refractivity contribution in [3.8, 4) is 0 Å². The molecular weight excluding hydrogens is 346 g/mol. The Morgan fingerprint density at radius 1 is 1.42 bits per heavy atom. The van der Waals surface area contributed by atoms with Crippen LogP contribution in [0.4, 0.5) is 0 Å². The highest BCUT2D eigenvalue weighted by Gasteiger charge is 2.31. The van der Waals surface area contributed by atoms with Crippen molar-refractivity contribution in [3.05, 3.63) is 16.1 Å². The number of amides is 1. The molecule has 8 heteroatoms. The molecule has 2 heterocycles. The molecule has 24 heavy (non-hydrogen) atoms. The molecule has 1 aromatic rings. The number of hydrogen-bond donors (Lipinski definition) is 1. The molecule has 2 fully saturated rings. The number of carbonyl (C=O) groups is 1. The molecule has 0 spiro atoms. The molecule has 0 radical (unpaired) electrons. The van der Waals surface area contributed by atoms with Gasteiger partial charge in [0.25, 0.3) is 0 Å². The summed E-state index contributed by atoms with van der Waals surface area (Å²) in [5, 5.41) is 5.89. The molecule has 1 aromatic heterocycles. The fraction of sp³-hybridized carbons (Fsp3) is 0.750. The van der Waals surface area contributed by atoms with E-state index in [1.165, 1.54) is 0 Å². The fourth-order valence-corrected chi connectivity index (χ4v) is 5.58. The first-order valence-corrected chi connectivity index (χ1v) is 11.2. The summed E-state index contributed by atoms with van der Waals surface area (Å²) in [6, 6.07) is 0. The molecule has 1 atom stereocenters. The number of hydrogen-bond acceptors (Lipinski definition) is 5. The van der Waals surface area contributed by atoms with Crippen molar-refractivity contribution < 1.29 is 13.2 Å². The summed E-state index contributed by atoms with van der Waals surface area (Å²) in [7, 11) is -3.14. The Bertz CT molecular complexity index is 682. The van der Waals surface area contributed by atoms with Crippen LogP contribution in [0.15, 0.2) is 5.38 Å². The standard InChI is InChI=1S/C16H25N3O3S2/c1-2-8-24(21,22)19-7-3-4-13(10-19)16-18-14(11-23-16)9-17-15(20)12-5-6-12/h11-13H,2-10H2,1H3,(H,17,20). The second-order valence-electron chi connectivity index (χ2n) is 6.68. The van der Waals surface area contributed by atoms with Gasteiger partial charge in [0.05, 0.1) is 23.0 Å². The first-order chi connectivity index (χ1) is 11.5. The third-order valence-corrected chi connectivity index (χ3v) is 7.65. The van der Waals surface area contributed by atoms with Gasteiger partial charge in [-0.15, -0.1) is 11.3 Å². The molecule has 1 saturated heterocycles. The van der Waals surface area contributed by atoms with E-state index in [4.69, 9.17) is 0 Å². The molecule has 1 amide bonds. The van der Waals surface area contributed by atoms with Crippen molar-refractivity contribution in [3.63, 3.8) is 0 Å². The van der Waals surface area contributed by atoms with E-state index in [2.05, 4.69) is 10.3 Å². The number of rotatable bonds is 7. The Kier molecular flexibility index (Phi) is 5.56. The molecule has 1 aliphatic carbocycles. The van der Waals surface area contributed by atoms with Crippen molar-refractivity contribution in [1.82, 2.24) is 14.6 Å². The maximum absolute atomic E-state index is 12.3. The summed E-state index contributed by atoms with van der Waals surface area (Å²) >= 11 is 1.57. The average Bonchev–Trinajstić information content (AvgIpc) is 3.31. The Morgan fingerprint density at radius 3 is 2.92 bits per heavy atom. The molecule has 6 nitrogen and oxygen atoms in total. The molecule has 0 aromatic carbocycles. The maximum Gasteiger partial charge on any atom is 0.223 e. The number of nitrogens with one attached hydrogen (secondary N) is 1. The highest BCUT2D eigenvalue weighted by Crippen LogP contribution is 2.31. The largest absolute Gasteiger partial charge is 0.350 e. The molecule has 3 rings (SSSR count). The number of nitrogens with zero attached hydrogens (tertiary/aromatic N) is 2. The lowest BCUT2D eigenvalue weighted by Crippen LogP contribution is -2.40. The lowest BCUT2D eigenvalue weighted by Gasteiger charge is -2.30. The van der Waals surface area contributed by atoms with Crippen molar-refractivity contribution in [2.45, 2.75) is 51.5 Å².